The molecule has 2 aromatic rings. The number of hydrogen-bond donors (Lipinski definition) is 2. The Kier molecular flexibility index (Phi) is 2.03. The summed E-state index contributed by atoms with van der Waals surface area (Å²) in [7, 11) is 0. The molecule has 3 rings (SSSR count). The largest absolute Gasteiger partial charge is 0.358 e. The van der Waals surface area contributed by atoms with Crippen LogP contribution in [0.2, 0.25) is 0 Å². The number of rotatable bonds is 1. The predicted molar refractivity (Wildman–Crippen MR) is 63.3 cm³/mol. The van der Waals surface area contributed by atoms with Crippen LogP contribution in [-0.2, 0) is 0 Å². The van der Waals surface area contributed by atoms with Crippen LogP contribution in [0.3, 0.4) is 0 Å². The first-order valence-electron chi connectivity index (χ1n) is 5.64. The third kappa shape index (κ3) is 1.37. The summed E-state index contributed by atoms with van der Waals surface area (Å²) < 4.78 is 0. The monoisotopic (exact) mass is 200 g/mol. The lowest BCUT2D eigenvalue weighted by Crippen LogP contribution is -2.08. The third-order valence-corrected chi connectivity index (χ3v) is 3.41. The molecule has 1 unspecified atom stereocenters. The number of para-hydroxylation sites is 1. The van der Waals surface area contributed by atoms with Crippen LogP contribution < -0.4 is 5.32 Å². The zero-order valence-electron chi connectivity index (χ0n) is 9.01. The summed E-state index contributed by atoms with van der Waals surface area (Å²) in [5, 5.41) is 4.84. The van der Waals surface area contributed by atoms with E-state index in [9.17, 15) is 0 Å². The minimum atomic E-state index is 0.696. The van der Waals surface area contributed by atoms with E-state index in [1.807, 2.05) is 0 Å². The predicted octanol–water partition coefficient (Wildman–Crippen LogP) is 2.55. The molecule has 1 fully saturated rings. The van der Waals surface area contributed by atoms with Crippen molar-refractivity contribution < 1.29 is 0 Å². The van der Waals surface area contributed by atoms with Crippen molar-refractivity contribution in [2.75, 3.05) is 13.1 Å². The van der Waals surface area contributed by atoms with E-state index in [0.717, 1.165) is 13.1 Å². The zero-order chi connectivity index (χ0) is 10.3. The molecular weight excluding hydrogens is 184 g/mol. The Labute approximate surface area is 89.7 Å². The fourth-order valence-electron chi connectivity index (χ4n) is 2.73. The minimum Gasteiger partial charge on any atom is -0.358 e. The molecule has 0 radical (unpaired) electrons. The van der Waals surface area contributed by atoms with E-state index in [0.29, 0.717) is 5.92 Å². The molecule has 2 heteroatoms. The number of H-pyrrole nitrogens is 1. The highest BCUT2D eigenvalue weighted by atomic mass is 14.9. The number of benzene rings is 1. The van der Waals surface area contributed by atoms with Crippen LogP contribution in [-0.4, -0.2) is 18.1 Å². The van der Waals surface area contributed by atoms with E-state index in [-0.39, 0.29) is 0 Å². The summed E-state index contributed by atoms with van der Waals surface area (Å²) in [5.41, 5.74) is 4.14. The Morgan fingerprint density at radius 2 is 2.13 bits per heavy atom. The number of hydrogen-bond acceptors (Lipinski definition) is 1. The van der Waals surface area contributed by atoms with E-state index >= 15 is 0 Å². The SMILES string of the molecule is Cc1[nH]c2ccccc2c1C1CCNC1. The fraction of sp³-hybridized carbons (Fsp3) is 0.385. The molecule has 2 nitrogen and oxygen atoms in total. The van der Waals surface area contributed by atoms with Crippen LogP contribution in [0.4, 0.5) is 0 Å². The van der Waals surface area contributed by atoms with Crippen molar-refractivity contribution >= 4 is 10.9 Å². The van der Waals surface area contributed by atoms with Crippen molar-refractivity contribution in [2.24, 2.45) is 0 Å². The molecule has 1 aromatic carbocycles. The van der Waals surface area contributed by atoms with Gasteiger partial charge in [-0.25, -0.2) is 0 Å². The zero-order valence-corrected chi connectivity index (χ0v) is 9.01. The number of aromatic nitrogens is 1. The summed E-state index contributed by atoms with van der Waals surface area (Å²) in [6.07, 6.45) is 1.27. The highest BCUT2D eigenvalue weighted by Gasteiger charge is 2.21. The van der Waals surface area contributed by atoms with Gasteiger partial charge < -0.3 is 10.3 Å². The normalized spacial score (nSPS) is 21.3. The Morgan fingerprint density at radius 3 is 2.93 bits per heavy atom. The van der Waals surface area contributed by atoms with Crippen molar-refractivity contribution in [3.05, 3.63) is 35.5 Å². The van der Waals surface area contributed by atoms with Crippen molar-refractivity contribution in [3.63, 3.8) is 0 Å². The molecule has 1 aliphatic heterocycles. The van der Waals surface area contributed by atoms with Gasteiger partial charge in [-0.1, -0.05) is 18.2 Å². The van der Waals surface area contributed by atoms with Crippen LogP contribution in [0, 0.1) is 6.92 Å². The second kappa shape index (κ2) is 3.38. The van der Waals surface area contributed by atoms with E-state index in [1.165, 1.54) is 28.6 Å². The van der Waals surface area contributed by atoms with Crippen molar-refractivity contribution in [2.45, 2.75) is 19.3 Å². The summed E-state index contributed by atoms with van der Waals surface area (Å²) in [6, 6.07) is 8.61. The number of aromatic amines is 1. The summed E-state index contributed by atoms with van der Waals surface area (Å²) in [4.78, 5) is 3.48. The summed E-state index contributed by atoms with van der Waals surface area (Å²) in [5.74, 6) is 0.696. The van der Waals surface area contributed by atoms with Gasteiger partial charge >= 0.3 is 0 Å². The van der Waals surface area contributed by atoms with Gasteiger partial charge in [-0.3, -0.25) is 0 Å². The highest BCUT2D eigenvalue weighted by Crippen LogP contribution is 2.32. The Bertz CT molecular complexity index is 478. The quantitative estimate of drug-likeness (QED) is 0.727. The van der Waals surface area contributed by atoms with Gasteiger partial charge in [-0.2, -0.15) is 0 Å². The smallest absolute Gasteiger partial charge is 0.0458 e. The van der Waals surface area contributed by atoms with Gasteiger partial charge in [-0.15, -0.1) is 0 Å². The molecule has 1 saturated heterocycles. The van der Waals surface area contributed by atoms with Gasteiger partial charge in [0.05, 0.1) is 0 Å². The van der Waals surface area contributed by atoms with Crippen LogP contribution in [0.1, 0.15) is 23.6 Å². The second-order valence-electron chi connectivity index (χ2n) is 4.40. The fourth-order valence-corrected chi connectivity index (χ4v) is 2.73. The average Bonchev–Trinajstić information content (AvgIpc) is 2.82. The molecule has 1 atom stereocenters. The molecule has 78 valence electrons. The average molecular weight is 200 g/mol. The molecule has 0 amide bonds. The second-order valence-corrected chi connectivity index (χ2v) is 4.40. The highest BCUT2D eigenvalue weighted by molar-refractivity contribution is 5.85. The van der Waals surface area contributed by atoms with Crippen LogP contribution in [0.25, 0.3) is 10.9 Å². The van der Waals surface area contributed by atoms with Crippen LogP contribution in [0.5, 0.6) is 0 Å². The standard InChI is InChI=1S/C13H16N2/c1-9-13(10-6-7-14-8-10)11-4-2-3-5-12(11)15-9/h2-5,10,14-15H,6-8H2,1H3. The molecule has 2 heterocycles. The Morgan fingerprint density at radius 1 is 1.27 bits per heavy atom. The first-order chi connectivity index (χ1) is 7.36. The number of fused-ring (bicyclic) bond motifs is 1. The lowest BCUT2D eigenvalue weighted by Gasteiger charge is -2.08. The molecule has 0 bridgehead atoms. The molecule has 2 N–H and O–H groups in total. The maximum Gasteiger partial charge on any atom is 0.0458 e. The molecule has 1 aromatic heterocycles. The Balaban J connectivity index is 2.19. The van der Waals surface area contributed by atoms with Crippen LogP contribution >= 0.6 is 0 Å². The van der Waals surface area contributed by atoms with Crippen molar-refractivity contribution in [1.29, 1.82) is 0 Å². The van der Waals surface area contributed by atoms with Crippen molar-refractivity contribution in [3.8, 4) is 0 Å². The van der Waals surface area contributed by atoms with E-state index < -0.39 is 0 Å². The van der Waals surface area contributed by atoms with Gasteiger partial charge in [0.15, 0.2) is 0 Å². The molecular formula is C13H16N2. The third-order valence-electron chi connectivity index (χ3n) is 3.41. The molecule has 0 spiro atoms. The molecule has 0 saturated carbocycles. The summed E-state index contributed by atoms with van der Waals surface area (Å²) in [6.45, 7) is 4.47. The van der Waals surface area contributed by atoms with E-state index in [4.69, 9.17) is 0 Å². The first-order valence-corrected chi connectivity index (χ1v) is 5.64. The van der Waals surface area contributed by atoms with Gasteiger partial charge in [0.2, 0.25) is 0 Å². The first kappa shape index (κ1) is 8.98. The van der Waals surface area contributed by atoms with Gasteiger partial charge in [0.25, 0.3) is 0 Å². The lowest BCUT2D eigenvalue weighted by molar-refractivity contribution is 0.763. The maximum atomic E-state index is 3.48. The molecule has 0 aliphatic carbocycles. The number of aryl methyl sites for hydroxylation is 1. The van der Waals surface area contributed by atoms with Gasteiger partial charge in [-0.05, 0) is 37.4 Å². The van der Waals surface area contributed by atoms with Gasteiger partial charge in [0, 0.05) is 23.1 Å². The molecule has 15 heavy (non-hydrogen) atoms. The van der Waals surface area contributed by atoms with E-state index in [2.05, 4.69) is 41.5 Å². The van der Waals surface area contributed by atoms with Crippen LogP contribution in [0.15, 0.2) is 24.3 Å². The minimum absolute atomic E-state index is 0.696. The maximum absolute atomic E-state index is 3.48. The Hall–Kier alpha value is -1.28. The van der Waals surface area contributed by atoms with Gasteiger partial charge in [0.1, 0.15) is 0 Å². The summed E-state index contributed by atoms with van der Waals surface area (Å²) >= 11 is 0. The topological polar surface area (TPSA) is 27.8 Å². The lowest BCUT2D eigenvalue weighted by atomic mass is 9.95. The molecule has 1 aliphatic rings. The van der Waals surface area contributed by atoms with Crippen molar-refractivity contribution in [1.82, 2.24) is 10.3 Å². The van der Waals surface area contributed by atoms with E-state index in [1.54, 1.807) is 0 Å². The number of nitrogens with one attached hydrogen (secondary N) is 2.